The lowest BCUT2D eigenvalue weighted by Crippen LogP contribution is -2.42. The molecule has 2 saturated carbocycles. The van der Waals surface area contributed by atoms with Gasteiger partial charge in [-0.15, -0.1) is 0 Å². The van der Waals surface area contributed by atoms with E-state index in [4.69, 9.17) is 0 Å². The summed E-state index contributed by atoms with van der Waals surface area (Å²) in [5.74, 6) is 1.000. The number of carbonyl (C=O) groups is 3. The summed E-state index contributed by atoms with van der Waals surface area (Å²) in [5.41, 5.74) is 0.310. The minimum Gasteiger partial charge on any atom is -0.354 e. The Morgan fingerprint density at radius 3 is 2.11 bits per heavy atom. The van der Waals surface area contributed by atoms with Crippen LogP contribution in [0.5, 0.6) is 0 Å². The molecule has 4 atom stereocenters. The number of imide groups is 1. The number of nitrogens with zero attached hydrogens (tertiary/aromatic N) is 1. The van der Waals surface area contributed by atoms with E-state index in [2.05, 4.69) is 38.2 Å². The lowest BCUT2D eigenvalue weighted by molar-refractivity contribution is -0.141. The van der Waals surface area contributed by atoms with E-state index in [1.807, 2.05) is 0 Å². The number of allylic oxidation sites excluding steroid dienone is 2. The molecule has 4 rings (SSSR count). The van der Waals surface area contributed by atoms with E-state index >= 15 is 0 Å². The average molecular weight is 373 g/mol. The quantitative estimate of drug-likeness (QED) is 0.609. The van der Waals surface area contributed by atoms with Crippen LogP contribution in [0.15, 0.2) is 12.2 Å². The van der Waals surface area contributed by atoms with Gasteiger partial charge >= 0.3 is 0 Å². The number of hydrogen-bond donors (Lipinski definition) is 1. The van der Waals surface area contributed by atoms with Crippen molar-refractivity contribution in [2.24, 2.45) is 40.9 Å². The van der Waals surface area contributed by atoms with Gasteiger partial charge in [-0.3, -0.25) is 19.3 Å². The summed E-state index contributed by atoms with van der Waals surface area (Å²) >= 11 is 0. The van der Waals surface area contributed by atoms with Crippen molar-refractivity contribution >= 4 is 17.7 Å². The van der Waals surface area contributed by atoms with Gasteiger partial charge in [0.05, 0.1) is 11.8 Å². The predicted molar refractivity (Wildman–Crippen MR) is 102 cm³/mol. The van der Waals surface area contributed by atoms with Crippen molar-refractivity contribution in [3.8, 4) is 0 Å². The average Bonchev–Trinajstić information content (AvgIpc) is 3.30. The van der Waals surface area contributed by atoms with Gasteiger partial charge < -0.3 is 5.32 Å². The fraction of sp³-hybridized carbons (Fsp3) is 0.773. The van der Waals surface area contributed by atoms with Crippen LogP contribution in [-0.2, 0) is 14.4 Å². The topological polar surface area (TPSA) is 66.5 Å². The maximum Gasteiger partial charge on any atom is 0.233 e. The Morgan fingerprint density at radius 1 is 1.04 bits per heavy atom. The lowest BCUT2D eigenvalue weighted by atomic mass is 9.70. The number of hydrogen-bond acceptors (Lipinski definition) is 3. The highest BCUT2D eigenvalue weighted by atomic mass is 16.2. The Hall–Kier alpha value is -1.65. The number of amides is 3. The minimum atomic E-state index is -0.143. The third-order valence-electron chi connectivity index (χ3n) is 7.52. The Bertz CT molecular complexity index is 640. The first-order valence-electron chi connectivity index (χ1n) is 10.6. The van der Waals surface area contributed by atoms with Crippen LogP contribution in [0.25, 0.3) is 0 Å². The number of likely N-dealkylation sites (tertiary alicyclic amines) is 1. The largest absolute Gasteiger partial charge is 0.354 e. The Kier molecular flexibility index (Phi) is 4.68. The van der Waals surface area contributed by atoms with E-state index < -0.39 is 0 Å². The molecule has 1 saturated heterocycles. The molecule has 0 aromatic carbocycles. The van der Waals surface area contributed by atoms with Gasteiger partial charge in [0.1, 0.15) is 0 Å². The van der Waals surface area contributed by atoms with Gasteiger partial charge in [0, 0.05) is 19.0 Å². The molecule has 1 heterocycles. The van der Waals surface area contributed by atoms with Crippen molar-refractivity contribution in [1.29, 1.82) is 0 Å². The van der Waals surface area contributed by atoms with Gasteiger partial charge in [0.2, 0.25) is 17.7 Å². The van der Waals surface area contributed by atoms with Gasteiger partial charge in [0.25, 0.3) is 0 Å². The Labute approximate surface area is 161 Å². The lowest BCUT2D eigenvalue weighted by Gasteiger charge is -2.36. The molecule has 148 valence electrons. The number of fused-ring (bicyclic) bond motifs is 5. The van der Waals surface area contributed by atoms with Gasteiger partial charge in [-0.25, -0.2) is 0 Å². The maximum absolute atomic E-state index is 12.7. The van der Waals surface area contributed by atoms with Crippen molar-refractivity contribution in [1.82, 2.24) is 10.2 Å². The monoisotopic (exact) mass is 372 g/mol. The second-order valence-corrected chi connectivity index (χ2v) is 10.0. The van der Waals surface area contributed by atoms with Crippen molar-refractivity contribution in [3.05, 3.63) is 12.2 Å². The van der Waals surface area contributed by atoms with E-state index in [1.165, 1.54) is 4.90 Å². The molecule has 0 aromatic heterocycles. The van der Waals surface area contributed by atoms with Crippen LogP contribution < -0.4 is 5.32 Å². The van der Waals surface area contributed by atoms with Crippen LogP contribution in [0.1, 0.15) is 52.9 Å². The summed E-state index contributed by atoms with van der Waals surface area (Å²) in [5, 5.41) is 2.98. The molecule has 2 bridgehead atoms. The molecule has 3 aliphatic carbocycles. The van der Waals surface area contributed by atoms with E-state index in [0.717, 1.165) is 32.1 Å². The fourth-order valence-corrected chi connectivity index (χ4v) is 5.84. The van der Waals surface area contributed by atoms with Crippen LogP contribution in [0.4, 0.5) is 0 Å². The standard InChI is InChI=1S/C22H32N2O3/c1-22(2,3)16-8-6-13(7-9-16)19(25)23-10-11-24-20(26)17-14-4-5-15(12-14)18(17)21(24)27/h4-5,13-18H,6-12H2,1-3H3,(H,23,25). The van der Waals surface area contributed by atoms with E-state index in [1.54, 1.807) is 0 Å². The van der Waals surface area contributed by atoms with Crippen LogP contribution in [-0.4, -0.2) is 35.7 Å². The number of rotatable bonds is 4. The molecule has 0 aromatic rings. The Morgan fingerprint density at radius 2 is 1.59 bits per heavy atom. The minimum absolute atomic E-state index is 0.0261. The highest BCUT2D eigenvalue weighted by Gasteiger charge is 2.58. The van der Waals surface area contributed by atoms with Crippen molar-refractivity contribution in [2.45, 2.75) is 52.9 Å². The van der Waals surface area contributed by atoms with Crippen molar-refractivity contribution < 1.29 is 14.4 Å². The van der Waals surface area contributed by atoms with Gasteiger partial charge in [-0.2, -0.15) is 0 Å². The van der Waals surface area contributed by atoms with E-state index in [0.29, 0.717) is 24.4 Å². The predicted octanol–water partition coefficient (Wildman–Crippen LogP) is 2.76. The van der Waals surface area contributed by atoms with E-state index in [9.17, 15) is 14.4 Å². The van der Waals surface area contributed by atoms with E-state index in [-0.39, 0.29) is 47.3 Å². The number of carbonyl (C=O) groups excluding carboxylic acids is 3. The molecule has 0 spiro atoms. The van der Waals surface area contributed by atoms with Crippen LogP contribution in [0.3, 0.4) is 0 Å². The smallest absolute Gasteiger partial charge is 0.233 e. The maximum atomic E-state index is 12.7. The van der Waals surface area contributed by atoms with Crippen LogP contribution in [0, 0.1) is 40.9 Å². The van der Waals surface area contributed by atoms with Gasteiger partial charge in [-0.05, 0) is 55.3 Å². The molecular weight excluding hydrogens is 340 g/mol. The van der Waals surface area contributed by atoms with Crippen molar-refractivity contribution in [2.75, 3.05) is 13.1 Å². The molecular formula is C22H32N2O3. The molecule has 4 aliphatic rings. The third-order valence-corrected chi connectivity index (χ3v) is 7.52. The molecule has 0 radical (unpaired) electrons. The van der Waals surface area contributed by atoms with Crippen LogP contribution >= 0.6 is 0 Å². The van der Waals surface area contributed by atoms with Gasteiger partial charge in [0.15, 0.2) is 0 Å². The summed E-state index contributed by atoms with van der Waals surface area (Å²) in [6.07, 6.45) is 9.25. The zero-order chi connectivity index (χ0) is 19.3. The molecule has 5 nitrogen and oxygen atoms in total. The summed E-state index contributed by atoms with van der Waals surface area (Å²) < 4.78 is 0. The first kappa shape index (κ1) is 18.7. The fourth-order valence-electron chi connectivity index (χ4n) is 5.84. The summed E-state index contributed by atoms with van der Waals surface area (Å²) in [7, 11) is 0. The zero-order valence-electron chi connectivity index (χ0n) is 16.7. The Balaban J connectivity index is 1.24. The van der Waals surface area contributed by atoms with Gasteiger partial charge in [-0.1, -0.05) is 32.9 Å². The molecule has 1 N–H and O–H groups in total. The molecule has 4 unspecified atom stereocenters. The molecule has 1 aliphatic heterocycles. The first-order chi connectivity index (χ1) is 12.8. The second kappa shape index (κ2) is 6.75. The highest BCUT2D eigenvalue weighted by Crippen LogP contribution is 2.52. The summed E-state index contributed by atoms with van der Waals surface area (Å²) in [4.78, 5) is 39.2. The zero-order valence-corrected chi connectivity index (χ0v) is 16.7. The SMILES string of the molecule is CC(C)(C)C1CCC(C(=O)NCCN2C(=O)C3C4C=CC(C4)C3C2=O)CC1. The normalized spacial score (nSPS) is 37.8. The molecule has 3 amide bonds. The summed E-state index contributed by atoms with van der Waals surface area (Å²) in [6.45, 7) is 7.52. The third kappa shape index (κ3) is 3.23. The van der Waals surface area contributed by atoms with Crippen molar-refractivity contribution in [3.63, 3.8) is 0 Å². The first-order valence-corrected chi connectivity index (χ1v) is 10.6. The molecule has 27 heavy (non-hydrogen) atoms. The molecule has 5 heteroatoms. The molecule has 3 fully saturated rings. The highest BCUT2D eigenvalue weighted by molar-refractivity contribution is 6.06. The summed E-state index contributed by atoms with van der Waals surface area (Å²) in [6, 6.07) is 0. The number of nitrogens with one attached hydrogen (secondary N) is 1. The second-order valence-electron chi connectivity index (χ2n) is 10.0. The van der Waals surface area contributed by atoms with Crippen LogP contribution in [0.2, 0.25) is 0 Å².